The van der Waals surface area contributed by atoms with Crippen LogP contribution >= 0.6 is 0 Å². The van der Waals surface area contributed by atoms with E-state index >= 15 is 0 Å². The van der Waals surface area contributed by atoms with Gasteiger partial charge in [0.05, 0.1) is 7.11 Å². The summed E-state index contributed by atoms with van der Waals surface area (Å²) in [7, 11) is 1.68. The normalized spacial score (nSPS) is 19.1. The largest absolute Gasteiger partial charge is 0.497 e. The smallest absolute Gasteiger partial charge is 0.119 e. The minimum absolute atomic E-state index is 0.417. The van der Waals surface area contributed by atoms with E-state index < -0.39 is 0 Å². The Morgan fingerprint density at radius 1 is 1.38 bits per heavy atom. The van der Waals surface area contributed by atoms with Crippen molar-refractivity contribution in [2.75, 3.05) is 12.4 Å². The van der Waals surface area contributed by atoms with E-state index in [0.29, 0.717) is 6.04 Å². The van der Waals surface area contributed by atoms with Crippen molar-refractivity contribution in [2.45, 2.75) is 13.0 Å². The predicted octanol–water partition coefficient (Wildman–Crippen LogP) is 2.52. The summed E-state index contributed by atoms with van der Waals surface area (Å²) >= 11 is 0. The summed E-state index contributed by atoms with van der Waals surface area (Å²) < 4.78 is 5.15. The van der Waals surface area contributed by atoms with Gasteiger partial charge in [-0.1, -0.05) is 12.2 Å². The van der Waals surface area contributed by atoms with Crippen molar-refractivity contribution >= 4 is 11.8 Å². The van der Waals surface area contributed by atoms with Gasteiger partial charge in [-0.05, 0) is 25.1 Å². The molecule has 0 spiro atoms. The number of nitrogens with one attached hydrogen (secondary N) is 1. The molecule has 0 saturated heterocycles. The van der Waals surface area contributed by atoms with Gasteiger partial charge in [-0.15, -0.1) is 0 Å². The Hall–Kier alpha value is -1.44. The highest BCUT2D eigenvalue weighted by Gasteiger charge is 2.08. The third kappa shape index (κ3) is 1.52. The van der Waals surface area contributed by atoms with Crippen LogP contribution in [0.15, 0.2) is 24.3 Å². The average molecular weight is 175 g/mol. The van der Waals surface area contributed by atoms with Crippen molar-refractivity contribution in [2.24, 2.45) is 0 Å². The van der Waals surface area contributed by atoms with Crippen molar-refractivity contribution in [3.05, 3.63) is 29.8 Å². The molecule has 1 unspecified atom stereocenters. The quantitative estimate of drug-likeness (QED) is 0.708. The Labute approximate surface area is 78.2 Å². The molecule has 68 valence electrons. The van der Waals surface area contributed by atoms with Crippen LogP contribution in [0, 0.1) is 0 Å². The highest BCUT2D eigenvalue weighted by Crippen LogP contribution is 2.26. The number of anilines is 1. The zero-order valence-electron chi connectivity index (χ0n) is 7.87. The lowest BCUT2D eigenvalue weighted by Crippen LogP contribution is -2.15. The SMILES string of the molecule is COc1ccc2c(c1)C=CC(C)N2. The summed E-state index contributed by atoms with van der Waals surface area (Å²) in [5.41, 5.74) is 2.37. The molecule has 13 heavy (non-hydrogen) atoms. The van der Waals surface area contributed by atoms with E-state index in [1.807, 2.05) is 18.2 Å². The molecule has 2 nitrogen and oxygen atoms in total. The van der Waals surface area contributed by atoms with Gasteiger partial charge in [0.1, 0.15) is 5.75 Å². The molecular formula is C11H13NO. The van der Waals surface area contributed by atoms with E-state index in [1.54, 1.807) is 7.11 Å². The number of methoxy groups -OCH3 is 1. The van der Waals surface area contributed by atoms with Crippen molar-refractivity contribution in [3.8, 4) is 5.75 Å². The van der Waals surface area contributed by atoms with Gasteiger partial charge >= 0.3 is 0 Å². The number of hydrogen-bond donors (Lipinski definition) is 1. The number of rotatable bonds is 1. The van der Waals surface area contributed by atoms with Gasteiger partial charge in [0.2, 0.25) is 0 Å². The fraction of sp³-hybridized carbons (Fsp3) is 0.273. The molecule has 0 aliphatic carbocycles. The second-order valence-corrected chi connectivity index (χ2v) is 3.25. The first-order valence-electron chi connectivity index (χ1n) is 4.42. The lowest BCUT2D eigenvalue weighted by atomic mass is 10.1. The second-order valence-electron chi connectivity index (χ2n) is 3.25. The van der Waals surface area contributed by atoms with Crippen LogP contribution < -0.4 is 10.1 Å². The molecule has 1 aliphatic heterocycles. The maximum atomic E-state index is 5.15. The van der Waals surface area contributed by atoms with Crippen LogP contribution in [0.25, 0.3) is 6.08 Å². The number of benzene rings is 1. The van der Waals surface area contributed by atoms with Gasteiger partial charge in [-0.3, -0.25) is 0 Å². The van der Waals surface area contributed by atoms with Crippen molar-refractivity contribution in [1.29, 1.82) is 0 Å². The molecule has 0 saturated carbocycles. The Kier molecular flexibility index (Phi) is 1.97. The van der Waals surface area contributed by atoms with E-state index in [-0.39, 0.29) is 0 Å². The fourth-order valence-electron chi connectivity index (χ4n) is 1.48. The number of fused-ring (bicyclic) bond motifs is 1. The lowest BCUT2D eigenvalue weighted by Gasteiger charge is -2.19. The van der Waals surface area contributed by atoms with Gasteiger partial charge in [0.25, 0.3) is 0 Å². The van der Waals surface area contributed by atoms with E-state index in [0.717, 1.165) is 5.75 Å². The van der Waals surface area contributed by atoms with Gasteiger partial charge in [-0.2, -0.15) is 0 Å². The third-order valence-corrected chi connectivity index (χ3v) is 2.21. The highest BCUT2D eigenvalue weighted by atomic mass is 16.5. The van der Waals surface area contributed by atoms with Crippen LogP contribution in [0.5, 0.6) is 5.75 Å². The zero-order valence-corrected chi connectivity index (χ0v) is 7.87. The van der Waals surface area contributed by atoms with Gasteiger partial charge in [0, 0.05) is 17.3 Å². The Morgan fingerprint density at radius 3 is 3.00 bits per heavy atom. The van der Waals surface area contributed by atoms with Gasteiger partial charge < -0.3 is 10.1 Å². The molecule has 2 heteroatoms. The van der Waals surface area contributed by atoms with E-state index in [4.69, 9.17) is 4.74 Å². The molecule has 2 rings (SSSR count). The number of ether oxygens (including phenoxy) is 1. The third-order valence-electron chi connectivity index (χ3n) is 2.21. The summed E-state index contributed by atoms with van der Waals surface area (Å²) in [6.07, 6.45) is 4.26. The molecule has 0 aromatic heterocycles. The lowest BCUT2D eigenvalue weighted by molar-refractivity contribution is 0.414. The van der Waals surface area contributed by atoms with Crippen LogP contribution in [0.4, 0.5) is 5.69 Å². The molecule has 0 fully saturated rings. The molecule has 1 aromatic carbocycles. The second kappa shape index (κ2) is 3.13. The summed E-state index contributed by atoms with van der Waals surface area (Å²) in [6, 6.07) is 6.47. The fourth-order valence-corrected chi connectivity index (χ4v) is 1.48. The van der Waals surface area contributed by atoms with Crippen LogP contribution in [-0.2, 0) is 0 Å². The van der Waals surface area contributed by atoms with Crippen molar-refractivity contribution in [3.63, 3.8) is 0 Å². The van der Waals surface area contributed by atoms with Crippen LogP contribution in [-0.4, -0.2) is 13.2 Å². The molecule has 1 heterocycles. The minimum atomic E-state index is 0.417. The first-order chi connectivity index (χ1) is 6.29. The maximum absolute atomic E-state index is 5.15. The zero-order chi connectivity index (χ0) is 9.26. The summed E-state index contributed by atoms with van der Waals surface area (Å²) in [6.45, 7) is 2.13. The Balaban J connectivity index is 2.40. The highest BCUT2D eigenvalue weighted by molar-refractivity contribution is 5.72. The van der Waals surface area contributed by atoms with E-state index in [1.165, 1.54) is 11.3 Å². The molecule has 1 atom stereocenters. The molecule has 0 bridgehead atoms. The van der Waals surface area contributed by atoms with Crippen LogP contribution in [0.2, 0.25) is 0 Å². The van der Waals surface area contributed by atoms with Gasteiger partial charge in [-0.25, -0.2) is 0 Å². The Morgan fingerprint density at radius 2 is 2.23 bits per heavy atom. The molecule has 0 amide bonds. The van der Waals surface area contributed by atoms with E-state index in [9.17, 15) is 0 Å². The molecule has 1 N–H and O–H groups in total. The topological polar surface area (TPSA) is 21.3 Å². The summed E-state index contributed by atoms with van der Waals surface area (Å²) in [4.78, 5) is 0. The van der Waals surface area contributed by atoms with E-state index in [2.05, 4.69) is 24.4 Å². The molecular weight excluding hydrogens is 162 g/mol. The van der Waals surface area contributed by atoms with Crippen LogP contribution in [0.3, 0.4) is 0 Å². The first kappa shape index (κ1) is 8.17. The summed E-state index contributed by atoms with van der Waals surface area (Å²) in [5, 5.41) is 3.37. The maximum Gasteiger partial charge on any atom is 0.119 e. The van der Waals surface area contributed by atoms with Crippen molar-refractivity contribution in [1.82, 2.24) is 0 Å². The average Bonchev–Trinajstić information content (AvgIpc) is 2.17. The van der Waals surface area contributed by atoms with Crippen LogP contribution in [0.1, 0.15) is 12.5 Å². The Bertz CT molecular complexity index is 344. The molecule has 1 aromatic rings. The number of hydrogen-bond acceptors (Lipinski definition) is 2. The summed E-state index contributed by atoms with van der Waals surface area (Å²) in [5.74, 6) is 0.903. The standard InChI is InChI=1S/C11H13NO/c1-8-3-4-9-7-10(13-2)5-6-11(9)12-8/h3-8,12H,1-2H3. The molecule has 0 radical (unpaired) electrons. The predicted molar refractivity (Wildman–Crippen MR) is 55.1 cm³/mol. The monoisotopic (exact) mass is 175 g/mol. The minimum Gasteiger partial charge on any atom is -0.497 e. The molecule has 1 aliphatic rings. The van der Waals surface area contributed by atoms with Crippen molar-refractivity contribution < 1.29 is 4.74 Å². The van der Waals surface area contributed by atoms with Gasteiger partial charge in [0.15, 0.2) is 0 Å². The first-order valence-corrected chi connectivity index (χ1v) is 4.42.